The highest BCUT2D eigenvalue weighted by atomic mass is 32.2. The van der Waals surface area contributed by atoms with Gasteiger partial charge in [0.05, 0.1) is 18.1 Å². The third-order valence-electron chi connectivity index (χ3n) is 2.83. The molecule has 0 spiro atoms. The minimum absolute atomic E-state index is 0.0105. The van der Waals surface area contributed by atoms with Crippen LogP contribution < -0.4 is 0 Å². The maximum atomic E-state index is 12.1. The molecule has 0 aromatic carbocycles. The Bertz CT molecular complexity index is 538. The number of hydrogen-bond acceptors (Lipinski definition) is 5. The summed E-state index contributed by atoms with van der Waals surface area (Å²) in [5, 5.41) is 7.31. The van der Waals surface area contributed by atoms with Crippen molar-refractivity contribution in [2.24, 2.45) is 0 Å². The van der Waals surface area contributed by atoms with Crippen molar-refractivity contribution in [3.63, 3.8) is 0 Å². The molecule has 7 heteroatoms. The van der Waals surface area contributed by atoms with E-state index in [0.717, 1.165) is 11.6 Å². The Kier molecular flexibility index (Phi) is 4.26. The molecular weight excluding hydrogens is 264 g/mol. The highest BCUT2D eigenvalue weighted by molar-refractivity contribution is 7.99. The van der Waals surface area contributed by atoms with E-state index in [9.17, 15) is 4.79 Å². The van der Waals surface area contributed by atoms with Gasteiger partial charge in [-0.3, -0.25) is 9.89 Å². The molecule has 2 heterocycles. The van der Waals surface area contributed by atoms with Crippen molar-refractivity contribution < 1.29 is 9.21 Å². The van der Waals surface area contributed by atoms with E-state index in [1.807, 2.05) is 26.0 Å². The highest BCUT2D eigenvalue weighted by Gasteiger charge is 2.19. The molecule has 2 aromatic heterocycles. The van der Waals surface area contributed by atoms with Gasteiger partial charge in [-0.15, -0.1) is 5.10 Å². The number of aromatic nitrogens is 3. The standard InChI is InChI=1S/C12H16N4O2S/c1-8(10-5-4-6-18-10)16(3)11(17)7-19-12-13-9(2)14-15-12/h4-6,8H,7H2,1-3H3,(H,13,14,15). The molecule has 0 aliphatic heterocycles. The fourth-order valence-electron chi connectivity index (χ4n) is 1.55. The Balaban J connectivity index is 1.89. The van der Waals surface area contributed by atoms with Crippen LogP contribution in [0.2, 0.25) is 0 Å². The van der Waals surface area contributed by atoms with Crippen LogP contribution in [0.4, 0.5) is 0 Å². The van der Waals surface area contributed by atoms with E-state index in [4.69, 9.17) is 4.42 Å². The normalized spacial score (nSPS) is 12.4. The van der Waals surface area contributed by atoms with Gasteiger partial charge in [-0.2, -0.15) is 0 Å². The molecule has 1 atom stereocenters. The lowest BCUT2D eigenvalue weighted by atomic mass is 10.2. The highest BCUT2D eigenvalue weighted by Crippen LogP contribution is 2.21. The van der Waals surface area contributed by atoms with Gasteiger partial charge >= 0.3 is 0 Å². The van der Waals surface area contributed by atoms with E-state index in [1.54, 1.807) is 18.2 Å². The van der Waals surface area contributed by atoms with Crippen LogP contribution in [0.3, 0.4) is 0 Å². The summed E-state index contributed by atoms with van der Waals surface area (Å²) in [6, 6.07) is 3.59. The Hall–Kier alpha value is -1.76. The Morgan fingerprint density at radius 1 is 1.63 bits per heavy atom. The number of carbonyl (C=O) groups excluding carboxylic acids is 1. The lowest BCUT2D eigenvalue weighted by Gasteiger charge is -2.22. The van der Waals surface area contributed by atoms with Gasteiger partial charge < -0.3 is 9.32 Å². The quantitative estimate of drug-likeness (QED) is 0.848. The molecule has 0 bridgehead atoms. The molecule has 6 nitrogen and oxygen atoms in total. The van der Waals surface area contributed by atoms with E-state index in [-0.39, 0.29) is 11.9 Å². The third kappa shape index (κ3) is 3.37. The van der Waals surface area contributed by atoms with E-state index < -0.39 is 0 Å². The van der Waals surface area contributed by atoms with Gasteiger partial charge in [0.25, 0.3) is 0 Å². The van der Waals surface area contributed by atoms with Gasteiger partial charge in [0.2, 0.25) is 11.1 Å². The number of H-pyrrole nitrogens is 1. The van der Waals surface area contributed by atoms with Crippen molar-refractivity contribution in [2.75, 3.05) is 12.8 Å². The smallest absolute Gasteiger partial charge is 0.233 e. The number of amides is 1. The van der Waals surface area contributed by atoms with Crippen molar-refractivity contribution in [1.82, 2.24) is 20.1 Å². The predicted octanol–water partition coefficient (Wildman–Crippen LogP) is 2.02. The second-order valence-corrected chi connectivity index (χ2v) is 5.13. The molecule has 102 valence electrons. The molecule has 2 rings (SSSR count). The fraction of sp³-hybridized carbons (Fsp3) is 0.417. The lowest BCUT2D eigenvalue weighted by Crippen LogP contribution is -2.30. The average Bonchev–Trinajstić information content (AvgIpc) is 3.05. The van der Waals surface area contributed by atoms with Gasteiger partial charge in [-0.1, -0.05) is 11.8 Å². The number of thioether (sulfide) groups is 1. The first kappa shape index (κ1) is 13.7. The Morgan fingerprint density at radius 2 is 2.42 bits per heavy atom. The molecular formula is C12H16N4O2S. The van der Waals surface area contributed by atoms with E-state index in [1.165, 1.54) is 11.8 Å². The number of nitrogens with zero attached hydrogens (tertiary/aromatic N) is 3. The van der Waals surface area contributed by atoms with Gasteiger partial charge in [-0.05, 0) is 26.0 Å². The summed E-state index contributed by atoms with van der Waals surface area (Å²) in [6.07, 6.45) is 1.61. The maximum absolute atomic E-state index is 12.1. The predicted molar refractivity (Wildman–Crippen MR) is 71.7 cm³/mol. The molecule has 19 heavy (non-hydrogen) atoms. The number of aromatic amines is 1. The van der Waals surface area contributed by atoms with Crippen molar-refractivity contribution in [2.45, 2.75) is 25.0 Å². The molecule has 1 amide bonds. The Labute approximate surface area is 115 Å². The van der Waals surface area contributed by atoms with E-state index in [2.05, 4.69) is 15.2 Å². The van der Waals surface area contributed by atoms with Crippen LogP contribution in [0.5, 0.6) is 0 Å². The second kappa shape index (κ2) is 5.92. The van der Waals surface area contributed by atoms with Crippen molar-refractivity contribution in [3.05, 3.63) is 30.0 Å². The van der Waals surface area contributed by atoms with Gasteiger partial charge in [0, 0.05) is 7.05 Å². The van der Waals surface area contributed by atoms with Crippen LogP contribution in [-0.4, -0.2) is 38.8 Å². The lowest BCUT2D eigenvalue weighted by molar-refractivity contribution is -0.129. The van der Waals surface area contributed by atoms with E-state index in [0.29, 0.717) is 10.9 Å². The maximum Gasteiger partial charge on any atom is 0.233 e. The minimum atomic E-state index is -0.0861. The first-order valence-corrected chi connectivity index (χ1v) is 6.87. The zero-order valence-electron chi connectivity index (χ0n) is 11.1. The molecule has 0 saturated heterocycles. The SMILES string of the molecule is Cc1nc(SCC(=O)N(C)C(C)c2ccco2)n[nH]1. The first-order chi connectivity index (χ1) is 9.08. The number of furan rings is 1. The second-order valence-electron chi connectivity index (χ2n) is 4.19. The van der Waals surface area contributed by atoms with Crippen molar-refractivity contribution >= 4 is 17.7 Å². The summed E-state index contributed by atoms with van der Waals surface area (Å²) >= 11 is 1.32. The number of hydrogen-bond donors (Lipinski definition) is 1. The van der Waals surface area contributed by atoms with Gasteiger partial charge in [-0.25, -0.2) is 4.98 Å². The summed E-state index contributed by atoms with van der Waals surface area (Å²) in [6.45, 7) is 3.75. The molecule has 0 saturated carbocycles. The summed E-state index contributed by atoms with van der Waals surface area (Å²) in [5.41, 5.74) is 0. The molecule has 1 unspecified atom stereocenters. The largest absolute Gasteiger partial charge is 0.467 e. The van der Waals surface area contributed by atoms with Crippen LogP contribution in [0.25, 0.3) is 0 Å². The molecule has 2 aromatic rings. The molecule has 0 aliphatic carbocycles. The first-order valence-electron chi connectivity index (χ1n) is 5.89. The number of rotatable bonds is 5. The zero-order valence-corrected chi connectivity index (χ0v) is 11.9. The summed E-state index contributed by atoms with van der Waals surface area (Å²) in [4.78, 5) is 17.9. The summed E-state index contributed by atoms with van der Waals surface area (Å²) < 4.78 is 5.30. The molecule has 0 fully saturated rings. The zero-order chi connectivity index (χ0) is 13.8. The van der Waals surface area contributed by atoms with Crippen molar-refractivity contribution in [3.8, 4) is 0 Å². The number of nitrogens with one attached hydrogen (secondary N) is 1. The van der Waals surface area contributed by atoms with Crippen LogP contribution in [0.1, 0.15) is 24.6 Å². The average molecular weight is 280 g/mol. The summed E-state index contributed by atoms with van der Waals surface area (Å²) in [5.74, 6) is 1.83. The number of carbonyl (C=O) groups is 1. The minimum Gasteiger partial charge on any atom is -0.467 e. The molecule has 0 aliphatic rings. The van der Waals surface area contributed by atoms with Crippen LogP contribution >= 0.6 is 11.8 Å². The molecule has 0 radical (unpaired) electrons. The van der Waals surface area contributed by atoms with Gasteiger partial charge in [0.1, 0.15) is 11.6 Å². The fourth-order valence-corrected chi connectivity index (χ4v) is 2.32. The number of aryl methyl sites for hydroxylation is 1. The third-order valence-corrected chi connectivity index (χ3v) is 3.66. The van der Waals surface area contributed by atoms with Crippen LogP contribution in [0, 0.1) is 6.92 Å². The van der Waals surface area contributed by atoms with Gasteiger partial charge in [0.15, 0.2) is 0 Å². The van der Waals surface area contributed by atoms with E-state index >= 15 is 0 Å². The monoisotopic (exact) mass is 280 g/mol. The van der Waals surface area contributed by atoms with Crippen LogP contribution in [-0.2, 0) is 4.79 Å². The van der Waals surface area contributed by atoms with Crippen LogP contribution in [0.15, 0.2) is 28.0 Å². The summed E-state index contributed by atoms with van der Waals surface area (Å²) in [7, 11) is 1.76. The van der Waals surface area contributed by atoms with Crippen molar-refractivity contribution in [1.29, 1.82) is 0 Å². The molecule has 1 N–H and O–H groups in total. The Morgan fingerprint density at radius 3 is 3.00 bits per heavy atom. The topological polar surface area (TPSA) is 75.0 Å².